The van der Waals surface area contributed by atoms with E-state index in [0.717, 1.165) is 5.56 Å². The predicted molar refractivity (Wildman–Crippen MR) is 161 cm³/mol. The number of esters is 2. The van der Waals surface area contributed by atoms with E-state index in [2.05, 4.69) is 5.32 Å². The van der Waals surface area contributed by atoms with Crippen molar-refractivity contribution in [1.29, 1.82) is 0 Å². The second kappa shape index (κ2) is 13.0. The van der Waals surface area contributed by atoms with E-state index in [1.807, 2.05) is 78.9 Å². The van der Waals surface area contributed by atoms with Crippen LogP contribution < -0.4 is 14.8 Å². The average molecular weight is 582 g/mol. The van der Waals surface area contributed by atoms with Crippen molar-refractivity contribution in [2.45, 2.75) is 39.0 Å². The van der Waals surface area contributed by atoms with Crippen LogP contribution in [-0.2, 0) is 23.9 Å². The number of ketones is 1. The Morgan fingerprint density at radius 2 is 1.49 bits per heavy atom. The molecule has 3 atom stereocenters. The van der Waals surface area contributed by atoms with Crippen LogP contribution in [0, 0.1) is 5.92 Å². The fraction of sp³-hybridized carbons (Fsp3) is 0.286. The molecule has 8 nitrogen and oxygen atoms in total. The summed E-state index contributed by atoms with van der Waals surface area (Å²) in [5.74, 6) is -2.11. The molecule has 0 saturated heterocycles. The number of dihydropyridines is 1. The van der Waals surface area contributed by atoms with E-state index in [9.17, 15) is 14.4 Å². The number of carbonyl (C=O) groups is 3. The zero-order valence-electron chi connectivity index (χ0n) is 24.7. The van der Waals surface area contributed by atoms with Gasteiger partial charge >= 0.3 is 11.9 Å². The molecule has 3 aromatic carbocycles. The molecule has 0 radical (unpaired) electrons. The van der Waals surface area contributed by atoms with Crippen molar-refractivity contribution in [2.24, 2.45) is 5.92 Å². The molecule has 0 aromatic heterocycles. The molecule has 1 aliphatic heterocycles. The van der Waals surface area contributed by atoms with Crippen LogP contribution in [0.3, 0.4) is 0 Å². The number of rotatable bonds is 9. The van der Waals surface area contributed by atoms with E-state index in [1.54, 1.807) is 27.9 Å². The van der Waals surface area contributed by atoms with Crippen LogP contribution >= 0.6 is 0 Å². The molecule has 5 rings (SSSR count). The second-order valence-electron chi connectivity index (χ2n) is 10.4. The van der Waals surface area contributed by atoms with Gasteiger partial charge in [0.1, 0.15) is 23.2 Å². The lowest BCUT2D eigenvalue weighted by Gasteiger charge is -2.39. The van der Waals surface area contributed by atoms with Crippen LogP contribution in [0.25, 0.3) is 0 Å². The topological polar surface area (TPSA) is 100 Å². The van der Waals surface area contributed by atoms with Gasteiger partial charge in [-0.15, -0.1) is 0 Å². The highest BCUT2D eigenvalue weighted by molar-refractivity contribution is 6.13. The highest BCUT2D eigenvalue weighted by atomic mass is 16.5. The number of carbonyl (C=O) groups excluding carboxylic acids is 3. The molecule has 2 aliphatic rings. The summed E-state index contributed by atoms with van der Waals surface area (Å²) in [5.41, 5.74) is 3.36. The Balaban J connectivity index is 1.65. The molecule has 0 saturated carbocycles. The van der Waals surface area contributed by atoms with Crippen molar-refractivity contribution >= 4 is 17.7 Å². The van der Waals surface area contributed by atoms with Crippen molar-refractivity contribution in [3.8, 4) is 17.2 Å². The Bertz CT molecular complexity index is 1590. The van der Waals surface area contributed by atoms with Gasteiger partial charge in [0, 0.05) is 28.8 Å². The number of nitrogens with one attached hydrogen (secondary N) is 1. The minimum atomic E-state index is -1.11. The van der Waals surface area contributed by atoms with Crippen LogP contribution in [0.2, 0.25) is 0 Å². The standard InChI is InChI=1S/C35H35NO7/c1-5-41-34(38)29-21(3)36-28-20-27(22-12-10-16-25(18-22)40-4)31(35(39)42-6-2)33(37)32(28)30(29)23-13-11-17-26(19-23)43-24-14-8-7-9-15-24/h7-19,27,30-31,36H,5-6,20H2,1-4H3/t27-,30-,31+/m0/s1. The molecule has 222 valence electrons. The SMILES string of the molecule is CCOC(=O)C1=C(C)NC2=C(C(=O)[C@H](C(=O)OCC)[C@H](c3cccc(OC)c3)C2)[C@H]1c1cccc(Oc2ccccc2)c1. The fourth-order valence-corrected chi connectivity index (χ4v) is 5.92. The van der Waals surface area contributed by atoms with Gasteiger partial charge in [-0.3, -0.25) is 9.59 Å². The molecule has 8 heteroatoms. The number of hydrogen-bond acceptors (Lipinski definition) is 8. The first-order valence-electron chi connectivity index (χ1n) is 14.4. The van der Waals surface area contributed by atoms with E-state index in [-0.39, 0.29) is 13.2 Å². The predicted octanol–water partition coefficient (Wildman–Crippen LogP) is 6.20. The summed E-state index contributed by atoms with van der Waals surface area (Å²) in [7, 11) is 1.57. The molecule has 0 bridgehead atoms. The number of Topliss-reactive ketones (excluding diaryl/α,β-unsaturated/α-hetero) is 1. The summed E-state index contributed by atoms with van der Waals surface area (Å²) in [6.45, 7) is 5.55. The Morgan fingerprint density at radius 1 is 0.837 bits per heavy atom. The molecule has 3 aromatic rings. The molecular formula is C35H35NO7. The lowest BCUT2D eigenvalue weighted by molar-refractivity contribution is -0.152. The molecule has 1 aliphatic carbocycles. The zero-order valence-corrected chi connectivity index (χ0v) is 24.7. The summed E-state index contributed by atoms with van der Waals surface area (Å²) in [6.07, 6.45) is 0.349. The number of allylic oxidation sites excluding steroid dienone is 3. The van der Waals surface area contributed by atoms with Crippen LogP contribution in [-0.4, -0.2) is 38.0 Å². The maximum absolute atomic E-state index is 14.6. The fourth-order valence-electron chi connectivity index (χ4n) is 5.92. The average Bonchev–Trinajstić information content (AvgIpc) is 3.01. The van der Waals surface area contributed by atoms with Gasteiger partial charge in [0.05, 0.1) is 25.9 Å². The Hall–Kier alpha value is -4.85. The number of para-hydroxylation sites is 1. The van der Waals surface area contributed by atoms with Crippen LogP contribution in [0.1, 0.15) is 50.2 Å². The number of ether oxygens (including phenoxy) is 4. The number of hydrogen-bond donors (Lipinski definition) is 1. The Kier molecular flexibility index (Phi) is 8.95. The highest BCUT2D eigenvalue weighted by Crippen LogP contribution is 2.49. The first kappa shape index (κ1) is 29.6. The molecule has 1 N–H and O–H groups in total. The number of methoxy groups -OCH3 is 1. The van der Waals surface area contributed by atoms with Gasteiger partial charge in [-0.1, -0.05) is 42.5 Å². The molecule has 0 spiro atoms. The summed E-state index contributed by atoms with van der Waals surface area (Å²) in [4.78, 5) is 41.5. The third kappa shape index (κ3) is 6.04. The largest absolute Gasteiger partial charge is 0.497 e. The molecule has 0 fully saturated rings. The summed E-state index contributed by atoms with van der Waals surface area (Å²) in [6, 6.07) is 24.0. The second-order valence-corrected chi connectivity index (χ2v) is 10.4. The third-order valence-electron chi connectivity index (χ3n) is 7.75. The van der Waals surface area contributed by atoms with Gasteiger partial charge in [0.15, 0.2) is 5.78 Å². The first-order chi connectivity index (χ1) is 20.9. The van der Waals surface area contributed by atoms with Crippen LogP contribution in [0.15, 0.2) is 101 Å². The Morgan fingerprint density at radius 3 is 2.19 bits per heavy atom. The van der Waals surface area contributed by atoms with E-state index in [1.165, 1.54) is 0 Å². The third-order valence-corrected chi connectivity index (χ3v) is 7.75. The van der Waals surface area contributed by atoms with E-state index >= 15 is 0 Å². The van der Waals surface area contributed by atoms with Gasteiger partial charge in [-0.2, -0.15) is 0 Å². The van der Waals surface area contributed by atoms with Gasteiger partial charge in [0.25, 0.3) is 0 Å². The van der Waals surface area contributed by atoms with Crippen LogP contribution in [0.4, 0.5) is 0 Å². The van der Waals surface area contributed by atoms with E-state index in [0.29, 0.717) is 51.8 Å². The highest BCUT2D eigenvalue weighted by Gasteiger charge is 2.49. The lowest BCUT2D eigenvalue weighted by Crippen LogP contribution is -2.43. The van der Waals surface area contributed by atoms with Gasteiger partial charge < -0.3 is 24.3 Å². The van der Waals surface area contributed by atoms with Crippen molar-refractivity contribution in [1.82, 2.24) is 5.32 Å². The first-order valence-corrected chi connectivity index (χ1v) is 14.4. The van der Waals surface area contributed by atoms with Gasteiger partial charge in [-0.25, -0.2) is 4.79 Å². The minimum Gasteiger partial charge on any atom is -0.497 e. The van der Waals surface area contributed by atoms with Crippen molar-refractivity contribution in [3.05, 3.63) is 113 Å². The zero-order chi connectivity index (χ0) is 30.5. The maximum Gasteiger partial charge on any atom is 0.336 e. The molecular weight excluding hydrogens is 546 g/mol. The summed E-state index contributed by atoms with van der Waals surface area (Å²) in [5, 5.41) is 3.34. The number of benzene rings is 3. The van der Waals surface area contributed by atoms with Crippen molar-refractivity contribution in [3.63, 3.8) is 0 Å². The summed E-state index contributed by atoms with van der Waals surface area (Å²) >= 11 is 0. The minimum absolute atomic E-state index is 0.132. The van der Waals surface area contributed by atoms with Gasteiger partial charge in [0.2, 0.25) is 0 Å². The lowest BCUT2D eigenvalue weighted by atomic mass is 9.67. The normalized spacial score (nSPS) is 19.7. The quantitative estimate of drug-likeness (QED) is 0.236. The van der Waals surface area contributed by atoms with Crippen LogP contribution in [0.5, 0.6) is 17.2 Å². The van der Waals surface area contributed by atoms with Gasteiger partial charge in [-0.05, 0) is 74.7 Å². The van der Waals surface area contributed by atoms with E-state index in [4.69, 9.17) is 18.9 Å². The van der Waals surface area contributed by atoms with E-state index < -0.39 is 35.5 Å². The smallest absolute Gasteiger partial charge is 0.336 e. The molecule has 0 amide bonds. The molecule has 1 heterocycles. The van der Waals surface area contributed by atoms with Crippen molar-refractivity contribution < 1.29 is 33.3 Å². The monoisotopic (exact) mass is 581 g/mol. The van der Waals surface area contributed by atoms with Crippen molar-refractivity contribution in [2.75, 3.05) is 20.3 Å². The molecule has 0 unspecified atom stereocenters. The summed E-state index contributed by atoms with van der Waals surface area (Å²) < 4.78 is 22.4. The molecule has 43 heavy (non-hydrogen) atoms. The Labute approximate surface area is 251 Å². The maximum atomic E-state index is 14.6.